The topological polar surface area (TPSA) is 108 Å². The summed E-state index contributed by atoms with van der Waals surface area (Å²) < 4.78 is 12.1. The predicted octanol–water partition coefficient (Wildman–Crippen LogP) is 5.43. The predicted molar refractivity (Wildman–Crippen MR) is 163 cm³/mol. The highest BCUT2D eigenvalue weighted by molar-refractivity contribution is 5.51. The molecular formula is C30H47FN6O4. The molecule has 2 fully saturated rings. The van der Waals surface area contributed by atoms with Crippen LogP contribution in [0.15, 0.2) is 48.5 Å². The van der Waals surface area contributed by atoms with Crippen LogP contribution in [0.2, 0.25) is 0 Å². The van der Waals surface area contributed by atoms with Gasteiger partial charge in [-0.25, -0.2) is 4.39 Å². The second kappa shape index (κ2) is 18.3. The van der Waals surface area contributed by atoms with E-state index in [1.165, 1.54) is 58.2 Å². The Morgan fingerprint density at radius 2 is 1.17 bits per heavy atom. The first kappa shape index (κ1) is 34.1. The molecule has 228 valence electrons. The van der Waals surface area contributed by atoms with Gasteiger partial charge in [-0.05, 0) is 129 Å². The molecule has 0 unspecified atom stereocenters. The number of anilines is 1. The molecule has 2 aliphatic heterocycles. The molecule has 10 nitrogen and oxygen atoms in total. The van der Waals surface area contributed by atoms with Crippen molar-refractivity contribution in [2.75, 3.05) is 72.4 Å². The lowest BCUT2D eigenvalue weighted by molar-refractivity contribution is -0.385. The Morgan fingerprint density at radius 1 is 0.756 bits per heavy atom. The van der Waals surface area contributed by atoms with Gasteiger partial charge < -0.3 is 20.0 Å². The molecule has 0 saturated carbocycles. The van der Waals surface area contributed by atoms with Crippen LogP contribution in [0.3, 0.4) is 0 Å². The summed E-state index contributed by atoms with van der Waals surface area (Å²) in [6, 6.07) is 11.2. The lowest BCUT2D eigenvalue weighted by Gasteiger charge is -2.34. The number of benzene rings is 2. The summed E-state index contributed by atoms with van der Waals surface area (Å²) >= 11 is 0. The van der Waals surface area contributed by atoms with E-state index in [9.17, 15) is 24.6 Å². The number of piperidine rings is 2. The zero-order chi connectivity index (χ0) is 30.2. The molecule has 2 aromatic carbocycles. The molecule has 0 bridgehead atoms. The first-order chi connectivity index (χ1) is 19.5. The average Bonchev–Trinajstić information content (AvgIpc) is 2.97. The summed E-state index contributed by atoms with van der Waals surface area (Å²) in [5.74, 6) is 1.33. The van der Waals surface area contributed by atoms with Crippen LogP contribution in [-0.2, 0) is 0 Å². The lowest BCUT2D eigenvalue weighted by atomic mass is 9.93. The van der Waals surface area contributed by atoms with E-state index >= 15 is 0 Å². The highest BCUT2D eigenvalue weighted by Crippen LogP contribution is 2.26. The number of nitro benzene ring substituents is 2. The zero-order valence-electron chi connectivity index (χ0n) is 25.0. The maximum atomic E-state index is 12.1. The van der Waals surface area contributed by atoms with Crippen molar-refractivity contribution < 1.29 is 14.2 Å². The van der Waals surface area contributed by atoms with E-state index < -0.39 is 10.7 Å². The fraction of sp³-hybridized carbons (Fsp3) is 0.600. The number of non-ortho nitro benzene ring substituents is 2. The standard InChI is InChI=1S/C15H23N3O2.C9H20N2.C6H4FNO2/c1-16(2)10-7-13-8-11-17(12-9-13)14-3-5-15(6-4-14)18(19)20;1-11(2)8-5-9-3-6-10-7-4-9;7-5-1-3-6(4-2-5)8(9)10/h3-6,13H,7-12H2,1-2H3;9-10H,3-8H2,1-2H3;1-4H. The van der Waals surface area contributed by atoms with Gasteiger partial charge in [-0.3, -0.25) is 20.2 Å². The van der Waals surface area contributed by atoms with Crippen molar-refractivity contribution in [3.8, 4) is 0 Å². The van der Waals surface area contributed by atoms with E-state index in [1.807, 2.05) is 12.1 Å². The van der Waals surface area contributed by atoms with Crippen molar-refractivity contribution >= 4 is 17.1 Å². The number of hydrogen-bond acceptors (Lipinski definition) is 8. The molecular weight excluding hydrogens is 527 g/mol. The molecule has 0 amide bonds. The molecule has 11 heteroatoms. The largest absolute Gasteiger partial charge is 0.372 e. The van der Waals surface area contributed by atoms with Gasteiger partial charge in [-0.15, -0.1) is 0 Å². The third kappa shape index (κ3) is 13.8. The normalized spacial score (nSPS) is 16.0. The highest BCUT2D eigenvalue weighted by atomic mass is 19.1. The summed E-state index contributed by atoms with van der Waals surface area (Å²) in [5, 5.41) is 24.0. The van der Waals surface area contributed by atoms with E-state index in [4.69, 9.17) is 0 Å². The SMILES string of the molecule is CN(C)CCC1CCN(c2ccc([N+](=O)[O-])cc2)CC1.CN(C)CCC1CCNCC1.O=[N+]([O-])c1ccc(F)cc1. The fourth-order valence-corrected chi connectivity index (χ4v) is 4.88. The second-order valence-corrected chi connectivity index (χ2v) is 11.3. The smallest absolute Gasteiger partial charge is 0.269 e. The molecule has 0 aromatic heterocycles. The number of halogens is 1. The Labute approximate surface area is 243 Å². The van der Waals surface area contributed by atoms with Gasteiger partial charge in [-0.1, -0.05) is 0 Å². The quantitative estimate of drug-likeness (QED) is 0.312. The number of hydrogen-bond donors (Lipinski definition) is 1. The molecule has 2 aromatic rings. The minimum absolute atomic E-state index is 0.0959. The minimum atomic E-state index is -0.570. The van der Waals surface area contributed by atoms with Gasteiger partial charge in [0, 0.05) is 43.0 Å². The summed E-state index contributed by atoms with van der Waals surface area (Å²) in [7, 11) is 8.54. The van der Waals surface area contributed by atoms with Crippen molar-refractivity contribution in [3.05, 3.63) is 74.6 Å². The van der Waals surface area contributed by atoms with Crippen molar-refractivity contribution in [1.29, 1.82) is 0 Å². The van der Waals surface area contributed by atoms with Gasteiger partial charge >= 0.3 is 0 Å². The van der Waals surface area contributed by atoms with Crippen molar-refractivity contribution in [2.24, 2.45) is 11.8 Å². The van der Waals surface area contributed by atoms with E-state index in [0.717, 1.165) is 61.4 Å². The molecule has 0 spiro atoms. The third-order valence-corrected chi connectivity index (χ3v) is 7.51. The molecule has 0 aliphatic carbocycles. The summed E-state index contributed by atoms with van der Waals surface area (Å²) in [4.78, 5) is 26.6. The van der Waals surface area contributed by atoms with Crippen molar-refractivity contribution in [3.63, 3.8) is 0 Å². The van der Waals surface area contributed by atoms with Gasteiger partial charge in [0.15, 0.2) is 0 Å². The number of nitrogens with zero attached hydrogens (tertiary/aromatic N) is 5. The van der Waals surface area contributed by atoms with E-state index in [2.05, 4.69) is 48.2 Å². The monoisotopic (exact) mass is 574 g/mol. The molecule has 1 N–H and O–H groups in total. The van der Waals surface area contributed by atoms with E-state index in [0.29, 0.717) is 0 Å². The van der Waals surface area contributed by atoms with E-state index in [1.54, 1.807) is 12.1 Å². The molecule has 2 aliphatic rings. The highest BCUT2D eigenvalue weighted by Gasteiger charge is 2.20. The molecule has 41 heavy (non-hydrogen) atoms. The van der Waals surface area contributed by atoms with Crippen molar-refractivity contribution in [1.82, 2.24) is 15.1 Å². The summed E-state index contributed by atoms with van der Waals surface area (Å²) in [5.41, 5.74) is 1.16. The van der Waals surface area contributed by atoms with Gasteiger partial charge in [0.1, 0.15) is 5.82 Å². The maximum Gasteiger partial charge on any atom is 0.269 e. The Balaban J connectivity index is 0.000000236. The van der Waals surface area contributed by atoms with Crippen LogP contribution in [-0.4, -0.2) is 87.1 Å². The Hall–Kier alpha value is -3.15. The van der Waals surface area contributed by atoms with Crippen molar-refractivity contribution in [2.45, 2.75) is 38.5 Å². The van der Waals surface area contributed by atoms with Crippen LogP contribution < -0.4 is 10.2 Å². The van der Waals surface area contributed by atoms with Crippen LogP contribution in [0.1, 0.15) is 38.5 Å². The first-order valence-corrected chi connectivity index (χ1v) is 14.4. The van der Waals surface area contributed by atoms with Crippen LogP contribution in [0.4, 0.5) is 21.5 Å². The molecule has 2 heterocycles. The lowest BCUT2D eigenvalue weighted by Crippen LogP contribution is -2.34. The van der Waals surface area contributed by atoms with Gasteiger partial charge in [0.25, 0.3) is 11.4 Å². The molecule has 0 atom stereocenters. The van der Waals surface area contributed by atoms with Crippen LogP contribution >= 0.6 is 0 Å². The molecule has 4 rings (SSSR count). The van der Waals surface area contributed by atoms with Crippen LogP contribution in [0.25, 0.3) is 0 Å². The van der Waals surface area contributed by atoms with Gasteiger partial charge in [0.05, 0.1) is 9.85 Å². The van der Waals surface area contributed by atoms with Gasteiger partial charge in [-0.2, -0.15) is 0 Å². The fourth-order valence-electron chi connectivity index (χ4n) is 4.88. The number of nitro groups is 2. The second-order valence-electron chi connectivity index (χ2n) is 11.3. The van der Waals surface area contributed by atoms with Gasteiger partial charge in [0.2, 0.25) is 0 Å². The van der Waals surface area contributed by atoms with E-state index in [-0.39, 0.29) is 16.3 Å². The summed E-state index contributed by atoms with van der Waals surface area (Å²) in [6.07, 6.45) is 7.84. The average molecular weight is 575 g/mol. The number of rotatable bonds is 9. The molecule has 0 radical (unpaired) electrons. The zero-order valence-corrected chi connectivity index (χ0v) is 25.0. The Bertz CT molecular complexity index is 1020. The third-order valence-electron chi connectivity index (χ3n) is 7.51. The van der Waals surface area contributed by atoms with Crippen LogP contribution in [0, 0.1) is 37.9 Å². The Kier molecular flexibility index (Phi) is 15.2. The van der Waals surface area contributed by atoms with Crippen LogP contribution in [0.5, 0.6) is 0 Å². The minimum Gasteiger partial charge on any atom is -0.372 e. The molecule has 2 saturated heterocycles. The first-order valence-electron chi connectivity index (χ1n) is 14.4. The summed E-state index contributed by atoms with van der Waals surface area (Å²) in [6.45, 7) is 6.98. The Morgan fingerprint density at radius 3 is 1.59 bits per heavy atom. The number of nitrogens with one attached hydrogen (secondary N) is 1. The maximum absolute atomic E-state index is 12.1.